The first-order valence-electron chi connectivity index (χ1n) is 5.74. The molecule has 0 bridgehead atoms. The van der Waals surface area contributed by atoms with E-state index in [4.69, 9.17) is 4.74 Å². The number of rotatable bonds is 5. The summed E-state index contributed by atoms with van der Waals surface area (Å²) >= 11 is 2.06. The van der Waals surface area contributed by atoms with Gasteiger partial charge in [-0.1, -0.05) is 13.8 Å². The van der Waals surface area contributed by atoms with Crippen LogP contribution in [-0.2, 0) is 17.6 Å². The van der Waals surface area contributed by atoms with E-state index in [0.717, 1.165) is 12.1 Å². The SMILES string of the molecule is COC(C)Cc1nc(CC(C)C)c(I)c(=O)[nH]1. The standard InChI is InChI=1S/C12H19IN2O2/c1-7(2)5-9-11(13)12(16)15-10(14-9)6-8(3)17-4/h7-8H,5-6H2,1-4H3,(H,14,15,16). The van der Waals surface area contributed by atoms with Gasteiger partial charge in [-0.25, -0.2) is 4.98 Å². The summed E-state index contributed by atoms with van der Waals surface area (Å²) in [6, 6.07) is 0. The molecule has 1 atom stereocenters. The molecule has 96 valence electrons. The highest BCUT2D eigenvalue weighted by Gasteiger charge is 2.12. The Bertz CT molecular complexity index is 429. The van der Waals surface area contributed by atoms with Crippen LogP contribution < -0.4 is 5.56 Å². The van der Waals surface area contributed by atoms with E-state index >= 15 is 0 Å². The molecule has 0 radical (unpaired) electrons. The van der Waals surface area contributed by atoms with Gasteiger partial charge in [0.25, 0.3) is 5.56 Å². The number of hydrogen-bond donors (Lipinski definition) is 1. The van der Waals surface area contributed by atoms with Gasteiger partial charge in [-0.15, -0.1) is 0 Å². The summed E-state index contributed by atoms with van der Waals surface area (Å²) < 4.78 is 5.88. The molecule has 1 rings (SSSR count). The van der Waals surface area contributed by atoms with Crippen LogP contribution in [-0.4, -0.2) is 23.2 Å². The third kappa shape index (κ3) is 4.39. The zero-order valence-electron chi connectivity index (χ0n) is 10.7. The van der Waals surface area contributed by atoms with Gasteiger partial charge >= 0.3 is 0 Å². The number of aromatic amines is 1. The highest BCUT2D eigenvalue weighted by molar-refractivity contribution is 14.1. The summed E-state index contributed by atoms with van der Waals surface area (Å²) in [5.74, 6) is 1.20. The Hall–Kier alpha value is -0.430. The highest BCUT2D eigenvalue weighted by Crippen LogP contribution is 2.11. The smallest absolute Gasteiger partial charge is 0.264 e. The van der Waals surface area contributed by atoms with Crippen LogP contribution >= 0.6 is 22.6 Å². The first-order valence-corrected chi connectivity index (χ1v) is 6.82. The van der Waals surface area contributed by atoms with Crippen molar-refractivity contribution in [3.8, 4) is 0 Å². The van der Waals surface area contributed by atoms with E-state index in [1.165, 1.54) is 0 Å². The Balaban J connectivity index is 3.01. The summed E-state index contributed by atoms with van der Waals surface area (Å²) in [6.45, 7) is 6.20. The van der Waals surface area contributed by atoms with Crippen molar-refractivity contribution in [2.45, 2.75) is 39.7 Å². The lowest BCUT2D eigenvalue weighted by atomic mass is 10.1. The molecular formula is C12H19IN2O2. The number of aromatic nitrogens is 2. The van der Waals surface area contributed by atoms with E-state index in [1.807, 2.05) is 6.92 Å². The van der Waals surface area contributed by atoms with Gasteiger partial charge in [-0.2, -0.15) is 0 Å². The summed E-state index contributed by atoms with van der Waals surface area (Å²) in [5, 5.41) is 0. The molecule has 1 heterocycles. The minimum absolute atomic E-state index is 0.0467. The second kappa shape index (κ2) is 6.49. The Morgan fingerprint density at radius 3 is 2.53 bits per heavy atom. The molecule has 0 aliphatic heterocycles. The minimum atomic E-state index is -0.0467. The fourth-order valence-electron chi connectivity index (χ4n) is 1.53. The molecule has 0 aliphatic carbocycles. The lowest BCUT2D eigenvalue weighted by Gasteiger charge is -2.11. The van der Waals surface area contributed by atoms with Crippen LogP contribution in [0.4, 0.5) is 0 Å². The molecule has 4 nitrogen and oxygen atoms in total. The average Bonchev–Trinajstić information content (AvgIpc) is 2.24. The summed E-state index contributed by atoms with van der Waals surface area (Å²) in [6.07, 6.45) is 1.52. The van der Waals surface area contributed by atoms with E-state index in [9.17, 15) is 4.79 Å². The zero-order chi connectivity index (χ0) is 13.0. The first kappa shape index (κ1) is 14.6. The molecule has 1 aromatic rings. The minimum Gasteiger partial charge on any atom is -0.381 e. The highest BCUT2D eigenvalue weighted by atomic mass is 127. The fourth-order valence-corrected chi connectivity index (χ4v) is 2.01. The largest absolute Gasteiger partial charge is 0.381 e. The third-order valence-electron chi connectivity index (χ3n) is 2.47. The maximum Gasteiger partial charge on any atom is 0.264 e. The van der Waals surface area contributed by atoms with Crippen molar-refractivity contribution in [2.75, 3.05) is 7.11 Å². The Morgan fingerprint density at radius 2 is 2.00 bits per heavy atom. The number of halogens is 1. The van der Waals surface area contributed by atoms with Gasteiger partial charge in [0, 0.05) is 13.5 Å². The number of hydrogen-bond acceptors (Lipinski definition) is 3. The number of methoxy groups -OCH3 is 1. The molecule has 0 fully saturated rings. The van der Waals surface area contributed by atoms with Gasteiger partial charge < -0.3 is 9.72 Å². The van der Waals surface area contributed by atoms with E-state index in [0.29, 0.717) is 21.7 Å². The molecule has 1 unspecified atom stereocenters. The van der Waals surface area contributed by atoms with E-state index in [1.54, 1.807) is 7.11 Å². The number of nitrogens with zero attached hydrogens (tertiary/aromatic N) is 1. The molecule has 0 aliphatic rings. The molecule has 0 aromatic carbocycles. The van der Waals surface area contributed by atoms with Gasteiger partial charge in [-0.05, 0) is 41.9 Å². The van der Waals surface area contributed by atoms with Crippen LogP contribution in [0.3, 0.4) is 0 Å². The van der Waals surface area contributed by atoms with E-state index < -0.39 is 0 Å². The van der Waals surface area contributed by atoms with Gasteiger partial charge in [0.1, 0.15) is 5.82 Å². The lowest BCUT2D eigenvalue weighted by Crippen LogP contribution is -2.22. The fraction of sp³-hybridized carbons (Fsp3) is 0.667. The Labute approximate surface area is 115 Å². The van der Waals surface area contributed by atoms with Crippen LogP contribution in [0, 0.1) is 9.49 Å². The molecule has 1 aromatic heterocycles. The van der Waals surface area contributed by atoms with Gasteiger partial charge in [0.05, 0.1) is 15.4 Å². The van der Waals surface area contributed by atoms with Crippen LogP contribution in [0.5, 0.6) is 0 Å². The molecule has 0 amide bonds. The van der Waals surface area contributed by atoms with Crippen molar-refractivity contribution < 1.29 is 4.74 Å². The predicted octanol–water partition coefficient (Wildman–Crippen LogP) is 2.15. The molecule has 5 heteroatoms. The van der Waals surface area contributed by atoms with Gasteiger partial charge in [0.2, 0.25) is 0 Å². The molecule has 0 saturated carbocycles. The number of H-pyrrole nitrogens is 1. The quantitative estimate of drug-likeness (QED) is 0.828. The molecular weight excluding hydrogens is 331 g/mol. The van der Waals surface area contributed by atoms with Crippen molar-refractivity contribution in [1.29, 1.82) is 0 Å². The molecule has 0 spiro atoms. The molecule has 1 N–H and O–H groups in total. The summed E-state index contributed by atoms with van der Waals surface area (Å²) in [4.78, 5) is 19.1. The second-order valence-electron chi connectivity index (χ2n) is 4.62. The molecule has 0 saturated heterocycles. The van der Waals surface area contributed by atoms with Crippen LogP contribution in [0.2, 0.25) is 0 Å². The van der Waals surface area contributed by atoms with Gasteiger partial charge in [0.15, 0.2) is 0 Å². The third-order valence-corrected chi connectivity index (χ3v) is 3.58. The first-order chi connectivity index (χ1) is 7.93. The average molecular weight is 350 g/mol. The van der Waals surface area contributed by atoms with E-state index in [-0.39, 0.29) is 11.7 Å². The summed E-state index contributed by atoms with van der Waals surface area (Å²) in [5.41, 5.74) is 0.845. The molecule has 17 heavy (non-hydrogen) atoms. The second-order valence-corrected chi connectivity index (χ2v) is 5.70. The normalized spacial score (nSPS) is 13.1. The van der Waals surface area contributed by atoms with Crippen molar-refractivity contribution in [1.82, 2.24) is 9.97 Å². The van der Waals surface area contributed by atoms with Crippen LogP contribution in [0.25, 0.3) is 0 Å². The van der Waals surface area contributed by atoms with Crippen molar-refractivity contribution >= 4 is 22.6 Å². The van der Waals surface area contributed by atoms with Crippen molar-refractivity contribution in [2.24, 2.45) is 5.92 Å². The van der Waals surface area contributed by atoms with Gasteiger partial charge in [-0.3, -0.25) is 4.79 Å². The lowest BCUT2D eigenvalue weighted by molar-refractivity contribution is 0.117. The topological polar surface area (TPSA) is 55.0 Å². The van der Waals surface area contributed by atoms with Crippen molar-refractivity contribution in [3.63, 3.8) is 0 Å². The van der Waals surface area contributed by atoms with Crippen LogP contribution in [0.15, 0.2) is 4.79 Å². The van der Waals surface area contributed by atoms with Crippen molar-refractivity contribution in [3.05, 3.63) is 25.4 Å². The summed E-state index contributed by atoms with van der Waals surface area (Å²) in [7, 11) is 1.66. The predicted molar refractivity (Wildman–Crippen MR) is 76.3 cm³/mol. The number of nitrogens with one attached hydrogen (secondary N) is 1. The van der Waals surface area contributed by atoms with E-state index in [2.05, 4.69) is 46.4 Å². The zero-order valence-corrected chi connectivity index (χ0v) is 12.9. The number of ether oxygens (including phenoxy) is 1. The monoisotopic (exact) mass is 350 g/mol. The Kier molecular flexibility index (Phi) is 5.58. The maximum atomic E-state index is 11.8. The maximum absolute atomic E-state index is 11.8. The van der Waals surface area contributed by atoms with Crippen LogP contribution in [0.1, 0.15) is 32.3 Å². The Morgan fingerprint density at radius 1 is 1.35 bits per heavy atom.